The summed E-state index contributed by atoms with van der Waals surface area (Å²) in [5.74, 6) is 1.99. The van der Waals surface area contributed by atoms with Crippen molar-refractivity contribution in [1.82, 2.24) is 0 Å². The van der Waals surface area contributed by atoms with Crippen LogP contribution in [0.2, 0.25) is 0 Å². The Morgan fingerprint density at radius 1 is 0.882 bits per heavy atom. The van der Waals surface area contributed by atoms with Gasteiger partial charge in [0.05, 0.1) is 27.9 Å². The highest BCUT2D eigenvalue weighted by Crippen LogP contribution is 2.54. The molecule has 0 saturated heterocycles. The second-order valence-electron chi connectivity index (χ2n) is 8.26. The first kappa shape index (κ1) is 22.0. The Morgan fingerprint density at radius 3 is 2.24 bits per heavy atom. The molecule has 178 valence electrons. The number of phenols is 2. The second kappa shape index (κ2) is 8.53. The van der Waals surface area contributed by atoms with Gasteiger partial charge < -0.3 is 39.0 Å². The second-order valence-corrected chi connectivity index (χ2v) is 8.26. The van der Waals surface area contributed by atoms with Gasteiger partial charge in [-0.1, -0.05) is 6.07 Å². The Hall–Kier alpha value is -3.78. The van der Waals surface area contributed by atoms with Gasteiger partial charge in [0, 0.05) is 11.1 Å². The van der Waals surface area contributed by atoms with Crippen molar-refractivity contribution in [3.63, 3.8) is 0 Å². The SMILES string of the molecule is COc1cc([C@@H]2Oc3cc4c(c(OC)c3O[C@H]2CO)-c2ccc(O)cc2CC4)cc(OC)c1O. The van der Waals surface area contributed by atoms with Crippen LogP contribution in [-0.4, -0.2) is 49.4 Å². The molecular formula is C26H26O8. The molecule has 1 heterocycles. The van der Waals surface area contributed by atoms with Gasteiger partial charge in [-0.25, -0.2) is 0 Å². The average Bonchev–Trinajstić information content (AvgIpc) is 2.86. The minimum atomic E-state index is -0.749. The van der Waals surface area contributed by atoms with Gasteiger partial charge in [-0.15, -0.1) is 0 Å². The van der Waals surface area contributed by atoms with Gasteiger partial charge >= 0.3 is 0 Å². The Bertz CT molecular complexity index is 1230. The smallest absolute Gasteiger partial charge is 0.204 e. The topological polar surface area (TPSA) is 107 Å². The number of fused-ring (bicyclic) bond motifs is 4. The predicted octanol–water partition coefficient (Wildman–Crippen LogP) is 3.76. The normalized spacial score (nSPS) is 18.0. The van der Waals surface area contributed by atoms with Crippen molar-refractivity contribution >= 4 is 0 Å². The molecule has 1 aliphatic carbocycles. The van der Waals surface area contributed by atoms with Crippen LogP contribution in [0.15, 0.2) is 36.4 Å². The largest absolute Gasteiger partial charge is 0.508 e. The number of hydrogen-bond donors (Lipinski definition) is 3. The van der Waals surface area contributed by atoms with Crippen molar-refractivity contribution in [3.8, 4) is 51.4 Å². The first-order valence-electron chi connectivity index (χ1n) is 10.9. The average molecular weight is 466 g/mol. The molecule has 0 unspecified atom stereocenters. The molecule has 0 radical (unpaired) electrons. The van der Waals surface area contributed by atoms with Crippen molar-refractivity contribution in [3.05, 3.63) is 53.1 Å². The van der Waals surface area contributed by atoms with Gasteiger partial charge in [0.2, 0.25) is 11.5 Å². The van der Waals surface area contributed by atoms with E-state index in [1.807, 2.05) is 12.1 Å². The molecule has 1 aliphatic heterocycles. The molecule has 0 aromatic heterocycles. The van der Waals surface area contributed by atoms with E-state index in [0.717, 1.165) is 35.1 Å². The molecule has 3 aromatic carbocycles. The van der Waals surface area contributed by atoms with E-state index in [0.29, 0.717) is 22.8 Å². The number of hydrogen-bond acceptors (Lipinski definition) is 8. The first-order valence-corrected chi connectivity index (χ1v) is 10.9. The summed E-state index contributed by atoms with van der Waals surface area (Å²) < 4.78 is 29.0. The highest BCUT2D eigenvalue weighted by molar-refractivity contribution is 5.83. The third-order valence-corrected chi connectivity index (χ3v) is 6.38. The lowest BCUT2D eigenvalue weighted by Crippen LogP contribution is -2.36. The molecular weight excluding hydrogens is 440 g/mol. The van der Waals surface area contributed by atoms with Crippen LogP contribution >= 0.6 is 0 Å². The molecule has 0 amide bonds. The van der Waals surface area contributed by atoms with E-state index in [1.54, 1.807) is 31.4 Å². The number of aromatic hydroxyl groups is 2. The number of phenolic OH excluding ortho intramolecular Hbond substituents is 2. The number of aryl methyl sites for hydroxylation is 2. The van der Waals surface area contributed by atoms with Crippen LogP contribution in [0.4, 0.5) is 0 Å². The first-order chi connectivity index (χ1) is 16.5. The molecule has 3 aromatic rings. The Balaban J connectivity index is 1.63. The summed E-state index contributed by atoms with van der Waals surface area (Å²) in [6.45, 7) is -0.319. The zero-order valence-electron chi connectivity index (χ0n) is 19.1. The fourth-order valence-corrected chi connectivity index (χ4v) is 4.77. The van der Waals surface area contributed by atoms with Crippen LogP contribution in [-0.2, 0) is 12.8 Å². The fraction of sp³-hybridized carbons (Fsp3) is 0.308. The third kappa shape index (κ3) is 3.42. The number of ether oxygens (including phenoxy) is 5. The lowest BCUT2D eigenvalue weighted by Gasteiger charge is -2.36. The molecule has 34 heavy (non-hydrogen) atoms. The van der Waals surface area contributed by atoms with Crippen molar-refractivity contribution in [2.24, 2.45) is 0 Å². The summed E-state index contributed by atoms with van der Waals surface area (Å²) in [7, 11) is 4.47. The van der Waals surface area contributed by atoms with Crippen molar-refractivity contribution in [2.75, 3.05) is 27.9 Å². The lowest BCUT2D eigenvalue weighted by molar-refractivity contribution is -0.0142. The van der Waals surface area contributed by atoms with Crippen molar-refractivity contribution in [1.29, 1.82) is 0 Å². The third-order valence-electron chi connectivity index (χ3n) is 6.38. The molecule has 5 rings (SSSR count). The molecule has 2 aliphatic rings. The maximum Gasteiger partial charge on any atom is 0.204 e. The highest BCUT2D eigenvalue weighted by atomic mass is 16.6. The summed E-state index contributed by atoms with van der Waals surface area (Å²) in [5.41, 5.74) is 4.56. The number of methoxy groups -OCH3 is 3. The maximum atomic E-state index is 10.3. The van der Waals surface area contributed by atoms with E-state index in [4.69, 9.17) is 23.7 Å². The minimum Gasteiger partial charge on any atom is -0.508 e. The summed E-state index contributed by atoms with van der Waals surface area (Å²) in [4.78, 5) is 0. The van der Waals surface area contributed by atoms with E-state index >= 15 is 0 Å². The predicted molar refractivity (Wildman–Crippen MR) is 124 cm³/mol. The summed E-state index contributed by atoms with van der Waals surface area (Å²) in [5, 5.41) is 30.4. The van der Waals surface area contributed by atoms with E-state index in [2.05, 4.69) is 0 Å². The van der Waals surface area contributed by atoms with Crippen LogP contribution in [0.25, 0.3) is 11.1 Å². The fourth-order valence-electron chi connectivity index (χ4n) is 4.77. The van der Waals surface area contributed by atoms with E-state index < -0.39 is 12.2 Å². The Labute approximate surface area is 196 Å². The number of benzene rings is 3. The molecule has 3 N–H and O–H groups in total. The molecule has 8 nitrogen and oxygen atoms in total. The Kier molecular flexibility index (Phi) is 5.53. The molecule has 0 bridgehead atoms. The van der Waals surface area contributed by atoms with Gasteiger partial charge in [0.1, 0.15) is 5.75 Å². The highest BCUT2D eigenvalue weighted by Gasteiger charge is 2.38. The van der Waals surface area contributed by atoms with Crippen LogP contribution in [0.3, 0.4) is 0 Å². The monoisotopic (exact) mass is 466 g/mol. The zero-order chi connectivity index (χ0) is 24.0. The van der Waals surface area contributed by atoms with Crippen molar-refractivity contribution in [2.45, 2.75) is 25.0 Å². The van der Waals surface area contributed by atoms with Crippen LogP contribution in [0, 0.1) is 0 Å². The number of aliphatic hydroxyl groups is 1. The maximum absolute atomic E-state index is 10.3. The molecule has 2 atom stereocenters. The summed E-state index contributed by atoms with van der Waals surface area (Å²) >= 11 is 0. The Morgan fingerprint density at radius 2 is 1.59 bits per heavy atom. The number of aliphatic hydroxyl groups excluding tert-OH is 1. The van der Waals surface area contributed by atoms with E-state index in [1.165, 1.54) is 14.2 Å². The number of rotatable bonds is 5. The summed E-state index contributed by atoms with van der Waals surface area (Å²) in [6.07, 6.45) is 0.0836. The van der Waals surface area contributed by atoms with Gasteiger partial charge in [-0.05, 0) is 59.9 Å². The van der Waals surface area contributed by atoms with Gasteiger partial charge in [-0.3, -0.25) is 0 Å². The zero-order valence-corrected chi connectivity index (χ0v) is 19.1. The van der Waals surface area contributed by atoms with Gasteiger partial charge in [0.15, 0.2) is 35.2 Å². The van der Waals surface area contributed by atoms with Gasteiger partial charge in [-0.2, -0.15) is 0 Å². The van der Waals surface area contributed by atoms with Crippen LogP contribution in [0.5, 0.6) is 40.2 Å². The molecule has 0 spiro atoms. The molecule has 0 saturated carbocycles. The van der Waals surface area contributed by atoms with Crippen LogP contribution in [0.1, 0.15) is 22.8 Å². The molecule has 0 fully saturated rings. The van der Waals surface area contributed by atoms with Gasteiger partial charge in [0.25, 0.3) is 0 Å². The minimum absolute atomic E-state index is 0.119. The molecule has 8 heteroatoms. The summed E-state index contributed by atoms with van der Waals surface area (Å²) in [6, 6.07) is 10.5. The van der Waals surface area contributed by atoms with Crippen molar-refractivity contribution < 1.29 is 39.0 Å². The lowest BCUT2D eigenvalue weighted by atomic mass is 9.84. The van der Waals surface area contributed by atoms with E-state index in [9.17, 15) is 15.3 Å². The van der Waals surface area contributed by atoms with E-state index in [-0.39, 0.29) is 29.6 Å². The quantitative estimate of drug-likeness (QED) is 0.522. The standard InChI is InChI=1S/C26H26O8/c1-30-18-10-15(11-19(31-2)23(18)29)24-21(12-27)34-25-20(33-24)9-14-5-4-13-8-16(28)6-7-17(13)22(14)26(25)32-3/h6-11,21,24,27-29H,4-5,12H2,1-3H3/t21-,24-/m0/s1. The van der Waals surface area contributed by atoms with Crippen LogP contribution < -0.4 is 23.7 Å².